The highest BCUT2D eigenvalue weighted by molar-refractivity contribution is 7.89. The van der Waals surface area contributed by atoms with Crippen molar-refractivity contribution in [1.82, 2.24) is 4.72 Å². The molecule has 0 spiro atoms. The van der Waals surface area contributed by atoms with Gasteiger partial charge in [-0.2, -0.15) is 0 Å². The van der Waals surface area contributed by atoms with Crippen molar-refractivity contribution in [3.8, 4) is 0 Å². The smallest absolute Gasteiger partial charge is 0.245 e. The maximum Gasteiger partial charge on any atom is 0.245 e. The SMILES string of the molecule is Nc1cccc(F)c1S(=O)(=O)NCCC1CC1. The Kier molecular flexibility index (Phi) is 3.35. The number of nitrogen functional groups attached to an aromatic ring is 1. The van der Waals surface area contributed by atoms with Crippen molar-refractivity contribution < 1.29 is 12.8 Å². The van der Waals surface area contributed by atoms with E-state index in [0.717, 1.165) is 25.3 Å². The lowest BCUT2D eigenvalue weighted by Crippen LogP contribution is -2.26. The van der Waals surface area contributed by atoms with Crippen LogP contribution in [-0.2, 0) is 10.0 Å². The number of rotatable bonds is 5. The molecule has 94 valence electrons. The Hall–Kier alpha value is -1.14. The Labute approximate surface area is 100 Å². The van der Waals surface area contributed by atoms with Crippen LogP contribution in [0.2, 0.25) is 0 Å². The molecule has 0 unspecified atom stereocenters. The first-order valence-electron chi connectivity index (χ1n) is 5.54. The fourth-order valence-corrected chi connectivity index (χ4v) is 2.92. The van der Waals surface area contributed by atoms with E-state index in [1.54, 1.807) is 0 Å². The number of anilines is 1. The van der Waals surface area contributed by atoms with Crippen LogP contribution in [0, 0.1) is 11.7 Å². The fourth-order valence-electron chi connectivity index (χ4n) is 1.69. The second kappa shape index (κ2) is 4.62. The number of benzene rings is 1. The minimum absolute atomic E-state index is 0.0658. The Morgan fingerprint density at radius 2 is 2.12 bits per heavy atom. The van der Waals surface area contributed by atoms with Gasteiger partial charge in [0.1, 0.15) is 10.7 Å². The molecule has 0 radical (unpaired) electrons. The molecule has 0 bridgehead atoms. The van der Waals surface area contributed by atoms with Crippen LogP contribution in [-0.4, -0.2) is 15.0 Å². The van der Waals surface area contributed by atoms with Crippen molar-refractivity contribution in [2.24, 2.45) is 5.92 Å². The second-order valence-electron chi connectivity index (χ2n) is 4.29. The molecule has 6 heteroatoms. The van der Waals surface area contributed by atoms with Gasteiger partial charge < -0.3 is 5.73 Å². The lowest BCUT2D eigenvalue weighted by atomic mass is 10.3. The van der Waals surface area contributed by atoms with E-state index in [9.17, 15) is 12.8 Å². The number of sulfonamides is 1. The molecule has 1 aromatic rings. The zero-order valence-corrected chi connectivity index (χ0v) is 10.1. The van der Waals surface area contributed by atoms with Crippen molar-refractivity contribution >= 4 is 15.7 Å². The second-order valence-corrected chi connectivity index (χ2v) is 5.99. The third kappa shape index (κ3) is 2.95. The molecule has 1 aliphatic rings. The average molecular weight is 258 g/mol. The quantitative estimate of drug-likeness (QED) is 0.786. The van der Waals surface area contributed by atoms with E-state index in [4.69, 9.17) is 5.73 Å². The Balaban J connectivity index is 2.12. The molecule has 4 nitrogen and oxygen atoms in total. The summed E-state index contributed by atoms with van der Waals surface area (Å²) in [6.07, 6.45) is 3.11. The molecule has 0 aliphatic heterocycles. The number of halogens is 1. The molecule has 1 aromatic carbocycles. The van der Waals surface area contributed by atoms with Crippen molar-refractivity contribution in [3.63, 3.8) is 0 Å². The van der Waals surface area contributed by atoms with Crippen molar-refractivity contribution in [3.05, 3.63) is 24.0 Å². The number of hydrogen-bond acceptors (Lipinski definition) is 3. The minimum Gasteiger partial charge on any atom is -0.398 e. The monoisotopic (exact) mass is 258 g/mol. The predicted molar refractivity (Wildman–Crippen MR) is 63.3 cm³/mol. The Morgan fingerprint density at radius 1 is 1.41 bits per heavy atom. The highest BCUT2D eigenvalue weighted by Crippen LogP contribution is 2.32. The number of nitrogens with one attached hydrogen (secondary N) is 1. The van der Waals surface area contributed by atoms with Gasteiger partial charge in [-0.1, -0.05) is 18.9 Å². The van der Waals surface area contributed by atoms with Gasteiger partial charge in [-0.25, -0.2) is 17.5 Å². The van der Waals surface area contributed by atoms with E-state index in [2.05, 4.69) is 4.72 Å². The van der Waals surface area contributed by atoms with Crippen molar-refractivity contribution in [1.29, 1.82) is 0 Å². The molecule has 0 heterocycles. The lowest BCUT2D eigenvalue weighted by Gasteiger charge is -2.09. The van der Waals surface area contributed by atoms with Crippen LogP contribution < -0.4 is 10.5 Å². The van der Waals surface area contributed by atoms with Gasteiger partial charge in [0.05, 0.1) is 5.69 Å². The molecule has 3 N–H and O–H groups in total. The van der Waals surface area contributed by atoms with Crippen LogP contribution in [0.15, 0.2) is 23.1 Å². The van der Waals surface area contributed by atoms with E-state index in [-0.39, 0.29) is 5.69 Å². The summed E-state index contributed by atoms with van der Waals surface area (Å²) in [5.74, 6) is -0.195. The maximum atomic E-state index is 13.4. The van der Waals surface area contributed by atoms with Gasteiger partial charge >= 0.3 is 0 Å². The summed E-state index contributed by atoms with van der Waals surface area (Å²) in [7, 11) is -3.84. The zero-order valence-electron chi connectivity index (χ0n) is 9.32. The molecule has 1 aliphatic carbocycles. The average Bonchev–Trinajstić information content (AvgIpc) is 3.00. The van der Waals surface area contributed by atoms with Gasteiger partial charge in [-0.3, -0.25) is 0 Å². The van der Waals surface area contributed by atoms with Gasteiger partial charge in [-0.05, 0) is 24.5 Å². The molecule has 0 saturated heterocycles. The molecule has 1 saturated carbocycles. The summed E-state index contributed by atoms with van der Waals surface area (Å²) in [4.78, 5) is -0.448. The summed E-state index contributed by atoms with van der Waals surface area (Å²) in [6, 6.07) is 3.85. The predicted octanol–water partition coefficient (Wildman–Crippen LogP) is 1.49. The summed E-state index contributed by atoms with van der Waals surface area (Å²) in [5, 5.41) is 0. The summed E-state index contributed by atoms with van der Waals surface area (Å²) in [6.45, 7) is 0.334. The maximum absolute atomic E-state index is 13.4. The molecular formula is C11H15FN2O2S. The van der Waals surface area contributed by atoms with E-state index in [0.29, 0.717) is 12.5 Å². The van der Waals surface area contributed by atoms with E-state index in [1.165, 1.54) is 12.1 Å². The third-order valence-corrected chi connectivity index (χ3v) is 4.36. The van der Waals surface area contributed by atoms with Crippen molar-refractivity contribution in [2.45, 2.75) is 24.2 Å². The minimum atomic E-state index is -3.84. The number of hydrogen-bond donors (Lipinski definition) is 2. The van der Waals surface area contributed by atoms with Crippen molar-refractivity contribution in [2.75, 3.05) is 12.3 Å². The van der Waals surface area contributed by atoms with Crippen LogP contribution in [0.5, 0.6) is 0 Å². The van der Waals surface area contributed by atoms with Gasteiger partial charge in [0, 0.05) is 6.54 Å². The summed E-state index contributed by atoms with van der Waals surface area (Å²) >= 11 is 0. The topological polar surface area (TPSA) is 72.2 Å². The Morgan fingerprint density at radius 3 is 2.71 bits per heavy atom. The van der Waals surface area contributed by atoms with Crippen LogP contribution in [0.25, 0.3) is 0 Å². The van der Waals surface area contributed by atoms with E-state index < -0.39 is 20.7 Å². The first-order valence-corrected chi connectivity index (χ1v) is 7.02. The van der Waals surface area contributed by atoms with E-state index >= 15 is 0 Å². The standard InChI is InChI=1S/C11H15FN2O2S/c12-9-2-1-3-10(13)11(9)17(15,16)14-7-6-8-4-5-8/h1-3,8,14H,4-7,13H2. The molecule has 17 heavy (non-hydrogen) atoms. The largest absolute Gasteiger partial charge is 0.398 e. The van der Waals surface area contributed by atoms with Gasteiger partial charge in [0.15, 0.2) is 0 Å². The van der Waals surface area contributed by atoms with Crippen LogP contribution >= 0.6 is 0 Å². The molecular weight excluding hydrogens is 243 g/mol. The molecule has 0 atom stereocenters. The number of nitrogens with two attached hydrogens (primary N) is 1. The van der Waals surface area contributed by atoms with Gasteiger partial charge in [0.2, 0.25) is 10.0 Å². The first-order chi connectivity index (χ1) is 8.00. The zero-order chi connectivity index (χ0) is 12.5. The normalized spacial score (nSPS) is 16.1. The molecule has 0 aromatic heterocycles. The van der Waals surface area contributed by atoms with E-state index in [1.807, 2.05) is 0 Å². The third-order valence-electron chi connectivity index (χ3n) is 2.81. The highest BCUT2D eigenvalue weighted by Gasteiger charge is 2.24. The fraction of sp³-hybridized carbons (Fsp3) is 0.455. The lowest BCUT2D eigenvalue weighted by molar-refractivity contribution is 0.554. The van der Waals surface area contributed by atoms with Crippen LogP contribution in [0.4, 0.5) is 10.1 Å². The molecule has 1 fully saturated rings. The first kappa shape index (κ1) is 12.3. The van der Waals surface area contributed by atoms with Crippen LogP contribution in [0.3, 0.4) is 0 Å². The van der Waals surface area contributed by atoms with Gasteiger partial charge in [-0.15, -0.1) is 0 Å². The highest BCUT2D eigenvalue weighted by atomic mass is 32.2. The summed E-state index contributed by atoms with van der Waals surface area (Å²) in [5.41, 5.74) is 5.43. The molecule has 2 rings (SSSR count). The summed E-state index contributed by atoms with van der Waals surface area (Å²) < 4.78 is 39.5. The van der Waals surface area contributed by atoms with Gasteiger partial charge in [0.25, 0.3) is 0 Å². The van der Waals surface area contributed by atoms with Crippen LogP contribution in [0.1, 0.15) is 19.3 Å². The Bertz CT molecular complexity index is 492. The molecule has 0 amide bonds.